The minimum absolute atomic E-state index is 0.320. The molecule has 0 saturated carbocycles. The van der Waals surface area contributed by atoms with Crippen molar-refractivity contribution in [2.24, 2.45) is 0 Å². The van der Waals surface area contributed by atoms with E-state index in [1.54, 1.807) is 0 Å². The van der Waals surface area contributed by atoms with Crippen molar-refractivity contribution in [1.82, 2.24) is 4.98 Å². The summed E-state index contributed by atoms with van der Waals surface area (Å²) < 4.78 is 0. The highest BCUT2D eigenvalue weighted by Crippen LogP contribution is 2.31. The third-order valence-corrected chi connectivity index (χ3v) is 6.74. The van der Waals surface area contributed by atoms with Crippen molar-refractivity contribution >= 4 is 68.6 Å². The molecular formula is C32H29Cl2N5O. The Morgan fingerprint density at radius 3 is 1.93 bits per heavy atom. The molecule has 0 aliphatic heterocycles. The lowest BCUT2D eigenvalue weighted by Crippen LogP contribution is -2.27. The van der Waals surface area contributed by atoms with Gasteiger partial charge in [-0.1, -0.05) is 48.5 Å². The Morgan fingerprint density at radius 2 is 1.27 bits per heavy atom. The van der Waals surface area contributed by atoms with E-state index in [9.17, 15) is 4.79 Å². The molecule has 0 atom stereocenters. The number of nitrogens with one attached hydrogen (secondary N) is 3. The van der Waals surface area contributed by atoms with Crippen molar-refractivity contribution in [2.75, 3.05) is 45.7 Å². The van der Waals surface area contributed by atoms with Gasteiger partial charge >= 0.3 is 6.03 Å². The number of carbonyl (C=O) groups excluding carboxylic acids is 1. The Bertz CT molecular complexity index is 1550. The van der Waals surface area contributed by atoms with Gasteiger partial charge in [0.05, 0.1) is 16.9 Å². The molecule has 5 rings (SSSR count). The number of hydrogen-bond acceptors (Lipinski definition) is 4. The first kappa shape index (κ1) is 27.3. The monoisotopic (exact) mass is 569 g/mol. The number of urea groups is 1. The van der Waals surface area contributed by atoms with E-state index in [-0.39, 0.29) is 6.03 Å². The SMILES string of the molecule is O=C(Nc1ccc(Nc2cc(-c3ccccc3)nc3ccccc23)cc1)Nc1ccc(N(CCCl)CCCl)cc1. The lowest BCUT2D eigenvalue weighted by molar-refractivity contribution is 0.262. The average Bonchev–Trinajstić information content (AvgIpc) is 2.99. The third-order valence-electron chi connectivity index (χ3n) is 6.41. The van der Waals surface area contributed by atoms with Crippen LogP contribution in [0.4, 0.5) is 33.2 Å². The smallest absolute Gasteiger partial charge is 0.323 e. The second kappa shape index (κ2) is 13.2. The van der Waals surface area contributed by atoms with Gasteiger partial charge in [-0.3, -0.25) is 0 Å². The van der Waals surface area contributed by atoms with Crippen LogP contribution in [0.25, 0.3) is 22.2 Å². The van der Waals surface area contributed by atoms with Crippen LogP contribution in [0.5, 0.6) is 0 Å². The number of amides is 2. The predicted octanol–water partition coefficient (Wildman–Crippen LogP) is 8.57. The maximum Gasteiger partial charge on any atom is 0.323 e. The zero-order valence-corrected chi connectivity index (χ0v) is 23.3. The fourth-order valence-corrected chi connectivity index (χ4v) is 4.86. The van der Waals surface area contributed by atoms with Gasteiger partial charge in [-0.2, -0.15) is 0 Å². The second-order valence-corrected chi connectivity index (χ2v) is 9.89. The highest BCUT2D eigenvalue weighted by atomic mass is 35.5. The molecule has 0 fully saturated rings. The number of halogens is 2. The highest BCUT2D eigenvalue weighted by Gasteiger charge is 2.10. The molecule has 5 aromatic rings. The van der Waals surface area contributed by atoms with E-state index in [1.165, 1.54) is 0 Å². The van der Waals surface area contributed by atoms with Crippen molar-refractivity contribution in [3.05, 3.63) is 109 Å². The Morgan fingerprint density at radius 1 is 0.700 bits per heavy atom. The van der Waals surface area contributed by atoms with Crippen molar-refractivity contribution in [1.29, 1.82) is 0 Å². The summed E-state index contributed by atoms with van der Waals surface area (Å²) >= 11 is 11.8. The molecule has 40 heavy (non-hydrogen) atoms. The van der Waals surface area contributed by atoms with Crippen molar-refractivity contribution < 1.29 is 4.79 Å². The Hall–Kier alpha value is -4.26. The van der Waals surface area contributed by atoms with E-state index in [2.05, 4.69) is 45.1 Å². The van der Waals surface area contributed by atoms with Crippen LogP contribution in [-0.4, -0.2) is 35.9 Å². The van der Waals surface area contributed by atoms with Crippen molar-refractivity contribution in [3.63, 3.8) is 0 Å². The quantitative estimate of drug-likeness (QED) is 0.147. The molecule has 1 heterocycles. The molecule has 202 valence electrons. The van der Waals surface area contributed by atoms with E-state index in [1.807, 2.05) is 84.9 Å². The lowest BCUT2D eigenvalue weighted by Gasteiger charge is -2.23. The molecule has 0 saturated heterocycles. The maximum atomic E-state index is 12.6. The first-order valence-electron chi connectivity index (χ1n) is 13.0. The second-order valence-electron chi connectivity index (χ2n) is 9.13. The van der Waals surface area contributed by atoms with Crippen LogP contribution in [0.3, 0.4) is 0 Å². The first-order valence-corrected chi connectivity index (χ1v) is 14.1. The normalized spacial score (nSPS) is 10.8. The molecule has 0 radical (unpaired) electrons. The van der Waals surface area contributed by atoms with E-state index in [0.717, 1.165) is 39.2 Å². The number of anilines is 5. The van der Waals surface area contributed by atoms with Crippen LogP contribution in [0.1, 0.15) is 0 Å². The Kier molecular flexibility index (Phi) is 9.01. The minimum Gasteiger partial charge on any atom is -0.369 e. The van der Waals surface area contributed by atoms with Gasteiger partial charge in [0, 0.05) is 58.5 Å². The summed E-state index contributed by atoms with van der Waals surface area (Å²) in [5.74, 6) is 1.03. The number of benzene rings is 4. The standard InChI is InChI=1S/C32H29Cl2N5O/c33-18-20-39(21-19-34)27-16-14-26(15-17-27)37-32(40)36-25-12-10-24(11-13-25)35-31-22-30(23-6-2-1-3-7-23)38-29-9-5-4-8-28(29)31/h1-17,22H,18-21H2,(H,35,38)(H2,36,37,40). The average molecular weight is 571 g/mol. The topological polar surface area (TPSA) is 69.3 Å². The van der Waals surface area contributed by atoms with E-state index >= 15 is 0 Å². The predicted molar refractivity (Wildman–Crippen MR) is 170 cm³/mol. The summed E-state index contributed by atoms with van der Waals surface area (Å²) in [6.45, 7) is 1.41. The largest absolute Gasteiger partial charge is 0.369 e. The van der Waals surface area contributed by atoms with Crippen LogP contribution >= 0.6 is 23.2 Å². The molecule has 6 nitrogen and oxygen atoms in total. The van der Waals surface area contributed by atoms with Crippen LogP contribution < -0.4 is 20.9 Å². The number of aromatic nitrogens is 1. The molecule has 4 aromatic carbocycles. The van der Waals surface area contributed by atoms with Gasteiger partial charge in [0.1, 0.15) is 0 Å². The molecule has 8 heteroatoms. The van der Waals surface area contributed by atoms with Gasteiger partial charge in [-0.15, -0.1) is 23.2 Å². The van der Waals surface area contributed by atoms with E-state index in [4.69, 9.17) is 28.2 Å². The van der Waals surface area contributed by atoms with Gasteiger partial charge in [0.15, 0.2) is 0 Å². The number of hydrogen-bond donors (Lipinski definition) is 3. The highest BCUT2D eigenvalue weighted by molar-refractivity contribution is 6.18. The van der Waals surface area contributed by atoms with Crippen LogP contribution in [0.2, 0.25) is 0 Å². The fraction of sp³-hybridized carbons (Fsp3) is 0.125. The Labute approximate surface area is 244 Å². The molecule has 0 bridgehead atoms. The summed E-state index contributed by atoms with van der Waals surface area (Å²) in [4.78, 5) is 19.6. The summed E-state index contributed by atoms with van der Waals surface area (Å²) in [7, 11) is 0. The molecule has 0 unspecified atom stereocenters. The fourth-order valence-electron chi connectivity index (χ4n) is 4.45. The van der Waals surface area contributed by atoms with Gasteiger partial charge in [0.25, 0.3) is 0 Å². The van der Waals surface area contributed by atoms with Crippen LogP contribution in [0, 0.1) is 0 Å². The Balaban J connectivity index is 1.25. The molecule has 0 aliphatic carbocycles. The molecule has 2 amide bonds. The molecular weight excluding hydrogens is 541 g/mol. The summed E-state index contributed by atoms with van der Waals surface area (Å²) in [5, 5.41) is 10.3. The number of pyridine rings is 1. The maximum absolute atomic E-state index is 12.6. The number of fused-ring (bicyclic) bond motifs is 1. The van der Waals surface area contributed by atoms with Gasteiger partial charge < -0.3 is 20.9 Å². The van der Waals surface area contributed by atoms with Crippen molar-refractivity contribution in [3.8, 4) is 11.3 Å². The number of rotatable bonds is 10. The van der Waals surface area contributed by atoms with E-state index < -0.39 is 0 Å². The van der Waals surface area contributed by atoms with Crippen LogP contribution in [0.15, 0.2) is 109 Å². The molecule has 3 N–H and O–H groups in total. The van der Waals surface area contributed by atoms with Gasteiger partial charge in [0.2, 0.25) is 0 Å². The number of carbonyl (C=O) groups is 1. The zero-order valence-electron chi connectivity index (χ0n) is 21.8. The molecule has 0 spiro atoms. The van der Waals surface area contributed by atoms with Crippen molar-refractivity contribution in [2.45, 2.75) is 0 Å². The number of para-hydroxylation sites is 1. The number of alkyl halides is 2. The third kappa shape index (κ3) is 6.84. The minimum atomic E-state index is -0.320. The van der Waals surface area contributed by atoms with E-state index in [0.29, 0.717) is 36.2 Å². The number of nitrogens with zero attached hydrogens (tertiary/aromatic N) is 2. The van der Waals surface area contributed by atoms with Gasteiger partial charge in [-0.05, 0) is 60.7 Å². The van der Waals surface area contributed by atoms with Crippen LogP contribution in [-0.2, 0) is 0 Å². The summed E-state index contributed by atoms with van der Waals surface area (Å²) in [6, 6.07) is 35.1. The van der Waals surface area contributed by atoms with Gasteiger partial charge in [-0.25, -0.2) is 9.78 Å². The first-order chi connectivity index (χ1) is 19.6. The summed E-state index contributed by atoms with van der Waals surface area (Å²) in [6.07, 6.45) is 0. The summed E-state index contributed by atoms with van der Waals surface area (Å²) in [5.41, 5.74) is 7.11. The molecule has 0 aliphatic rings. The lowest BCUT2D eigenvalue weighted by atomic mass is 10.1. The zero-order chi connectivity index (χ0) is 27.7. The molecule has 1 aromatic heterocycles.